The number of carbonyl (C=O) groups excluding carboxylic acids is 1. The minimum Gasteiger partial charge on any atom is -0.349 e. The van der Waals surface area contributed by atoms with Gasteiger partial charge >= 0.3 is 0 Å². The van der Waals surface area contributed by atoms with Crippen molar-refractivity contribution in [2.75, 3.05) is 5.75 Å². The van der Waals surface area contributed by atoms with Crippen molar-refractivity contribution in [3.63, 3.8) is 0 Å². The molecular formula is C17H19N5OS. The van der Waals surface area contributed by atoms with Crippen LogP contribution < -0.4 is 5.32 Å². The van der Waals surface area contributed by atoms with Gasteiger partial charge in [0, 0.05) is 11.4 Å². The molecule has 1 N–H and O–H groups in total. The molecule has 124 valence electrons. The van der Waals surface area contributed by atoms with Crippen LogP contribution in [-0.2, 0) is 4.79 Å². The third-order valence-electron chi connectivity index (χ3n) is 3.61. The highest BCUT2D eigenvalue weighted by Gasteiger charge is 2.12. The SMILES string of the molecule is Cc1cc(C)n2nc(SCC(=O)N[C@H](C)c3ccccc3)nc2n1. The Morgan fingerprint density at radius 3 is 2.75 bits per heavy atom. The van der Waals surface area contributed by atoms with Crippen molar-refractivity contribution < 1.29 is 4.79 Å². The summed E-state index contributed by atoms with van der Waals surface area (Å²) in [4.78, 5) is 20.8. The molecule has 0 spiro atoms. The molecule has 0 aliphatic carbocycles. The van der Waals surface area contributed by atoms with Crippen LogP contribution in [0.2, 0.25) is 0 Å². The molecule has 2 heterocycles. The highest BCUT2D eigenvalue weighted by atomic mass is 32.2. The third-order valence-corrected chi connectivity index (χ3v) is 4.45. The van der Waals surface area contributed by atoms with Crippen molar-refractivity contribution in [3.05, 3.63) is 53.3 Å². The molecule has 0 unspecified atom stereocenters. The minimum absolute atomic E-state index is 0.0279. The predicted molar refractivity (Wildman–Crippen MR) is 94.0 cm³/mol. The van der Waals surface area contributed by atoms with E-state index in [9.17, 15) is 4.79 Å². The normalized spacial score (nSPS) is 12.3. The van der Waals surface area contributed by atoms with Crippen LogP contribution in [0.1, 0.15) is 29.9 Å². The van der Waals surface area contributed by atoms with Gasteiger partial charge in [-0.1, -0.05) is 42.1 Å². The van der Waals surface area contributed by atoms with E-state index < -0.39 is 0 Å². The number of fused-ring (bicyclic) bond motifs is 1. The van der Waals surface area contributed by atoms with Crippen LogP contribution in [0.4, 0.5) is 0 Å². The van der Waals surface area contributed by atoms with E-state index in [0.717, 1.165) is 17.0 Å². The van der Waals surface area contributed by atoms with Crippen LogP contribution in [-0.4, -0.2) is 31.2 Å². The van der Waals surface area contributed by atoms with Gasteiger partial charge < -0.3 is 5.32 Å². The number of hydrogen-bond acceptors (Lipinski definition) is 5. The molecule has 24 heavy (non-hydrogen) atoms. The summed E-state index contributed by atoms with van der Waals surface area (Å²) < 4.78 is 1.69. The summed E-state index contributed by atoms with van der Waals surface area (Å²) in [5.74, 6) is 0.788. The zero-order chi connectivity index (χ0) is 17.1. The van der Waals surface area contributed by atoms with Crippen LogP contribution in [0, 0.1) is 13.8 Å². The molecule has 0 fully saturated rings. The Kier molecular flexibility index (Phi) is 4.80. The van der Waals surface area contributed by atoms with Crippen molar-refractivity contribution in [2.45, 2.75) is 32.0 Å². The first kappa shape index (κ1) is 16.4. The second-order valence-corrected chi connectivity index (χ2v) is 6.58. The Morgan fingerprint density at radius 1 is 1.25 bits per heavy atom. The van der Waals surface area contributed by atoms with Crippen molar-refractivity contribution in [1.82, 2.24) is 24.9 Å². The average Bonchev–Trinajstić information content (AvgIpc) is 2.97. The summed E-state index contributed by atoms with van der Waals surface area (Å²) in [5.41, 5.74) is 2.95. The smallest absolute Gasteiger partial charge is 0.253 e. The van der Waals surface area contributed by atoms with E-state index >= 15 is 0 Å². The number of amides is 1. The van der Waals surface area contributed by atoms with E-state index in [4.69, 9.17) is 0 Å². The van der Waals surface area contributed by atoms with Gasteiger partial charge in [-0.15, -0.1) is 5.10 Å². The molecule has 2 aromatic heterocycles. The molecule has 0 radical (unpaired) electrons. The van der Waals surface area contributed by atoms with Gasteiger partial charge in [0.1, 0.15) is 0 Å². The van der Waals surface area contributed by atoms with Gasteiger partial charge in [-0.05, 0) is 32.4 Å². The number of carbonyl (C=O) groups is 1. The van der Waals surface area contributed by atoms with Gasteiger partial charge in [0.15, 0.2) is 0 Å². The van der Waals surface area contributed by atoms with Crippen LogP contribution in [0.3, 0.4) is 0 Å². The van der Waals surface area contributed by atoms with Gasteiger partial charge in [-0.3, -0.25) is 4.79 Å². The highest BCUT2D eigenvalue weighted by molar-refractivity contribution is 7.99. The fraction of sp³-hybridized carbons (Fsp3) is 0.294. The fourth-order valence-electron chi connectivity index (χ4n) is 2.45. The summed E-state index contributed by atoms with van der Waals surface area (Å²) in [6.45, 7) is 5.85. The average molecular weight is 341 g/mol. The molecule has 7 heteroatoms. The lowest BCUT2D eigenvalue weighted by molar-refractivity contribution is -0.119. The molecule has 0 aliphatic heterocycles. The van der Waals surface area contributed by atoms with E-state index in [0.29, 0.717) is 10.9 Å². The molecular weight excluding hydrogens is 322 g/mol. The summed E-state index contributed by atoms with van der Waals surface area (Å²) in [7, 11) is 0. The maximum absolute atomic E-state index is 12.1. The second kappa shape index (κ2) is 7.00. The monoisotopic (exact) mass is 341 g/mol. The number of nitrogens with one attached hydrogen (secondary N) is 1. The molecule has 1 aromatic carbocycles. The largest absolute Gasteiger partial charge is 0.349 e. The molecule has 0 saturated heterocycles. The molecule has 3 aromatic rings. The number of rotatable bonds is 5. The van der Waals surface area contributed by atoms with Crippen molar-refractivity contribution in [1.29, 1.82) is 0 Å². The quantitative estimate of drug-likeness (QED) is 0.723. The zero-order valence-electron chi connectivity index (χ0n) is 13.9. The van der Waals surface area contributed by atoms with Crippen molar-refractivity contribution in [2.24, 2.45) is 0 Å². The first-order valence-electron chi connectivity index (χ1n) is 7.71. The fourth-order valence-corrected chi connectivity index (χ4v) is 3.08. The van der Waals surface area contributed by atoms with E-state index in [-0.39, 0.29) is 17.7 Å². The lowest BCUT2D eigenvalue weighted by Crippen LogP contribution is -2.28. The van der Waals surface area contributed by atoms with Gasteiger partial charge in [-0.2, -0.15) is 4.98 Å². The Balaban J connectivity index is 1.61. The summed E-state index contributed by atoms with van der Waals surface area (Å²) in [5, 5.41) is 7.93. The first-order valence-corrected chi connectivity index (χ1v) is 8.69. The third kappa shape index (κ3) is 3.73. The Hall–Kier alpha value is -2.41. The predicted octanol–water partition coefficient (Wildman–Crippen LogP) is 2.71. The van der Waals surface area contributed by atoms with Crippen LogP contribution in [0.25, 0.3) is 5.78 Å². The maximum Gasteiger partial charge on any atom is 0.253 e. The van der Waals surface area contributed by atoms with E-state index in [1.54, 1.807) is 4.52 Å². The second-order valence-electron chi connectivity index (χ2n) is 5.63. The molecule has 0 bridgehead atoms. The standard InChI is InChI=1S/C17H19N5OS/c1-11-9-12(2)22-16(18-11)20-17(21-22)24-10-15(23)19-13(3)14-7-5-4-6-8-14/h4-9,13H,10H2,1-3H3,(H,19,23)/t13-/m1/s1. The molecule has 6 nitrogen and oxygen atoms in total. The van der Waals surface area contributed by atoms with Crippen LogP contribution in [0.15, 0.2) is 41.6 Å². The number of thioether (sulfide) groups is 1. The molecule has 3 rings (SSSR count). The van der Waals surface area contributed by atoms with Crippen LogP contribution in [0.5, 0.6) is 0 Å². The summed E-state index contributed by atoms with van der Waals surface area (Å²) >= 11 is 1.31. The number of aryl methyl sites for hydroxylation is 2. The highest BCUT2D eigenvalue weighted by Crippen LogP contribution is 2.16. The number of benzene rings is 1. The van der Waals surface area contributed by atoms with Gasteiger partial charge in [0.25, 0.3) is 5.78 Å². The zero-order valence-corrected chi connectivity index (χ0v) is 14.7. The van der Waals surface area contributed by atoms with E-state index in [1.165, 1.54) is 11.8 Å². The van der Waals surface area contributed by atoms with Crippen molar-refractivity contribution in [3.8, 4) is 0 Å². The first-order chi connectivity index (χ1) is 11.5. The number of aromatic nitrogens is 4. The van der Waals surface area contributed by atoms with E-state index in [1.807, 2.05) is 57.2 Å². The van der Waals surface area contributed by atoms with E-state index in [2.05, 4.69) is 20.4 Å². The molecule has 1 atom stereocenters. The molecule has 0 aliphatic rings. The van der Waals surface area contributed by atoms with Gasteiger partial charge in [-0.25, -0.2) is 9.50 Å². The van der Waals surface area contributed by atoms with Gasteiger partial charge in [0.2, 0.25) is 11.1 Å². The Bertz CT molecular complexity index is 862. The lowest BCUT2D eigenvalue weighted by Gasteiger charge is -2.13. The van der Waals surface area contributed by atoms with Crippen molar-refractivity contribution >= 4 is 23.4 Å². The molecule has 0 saturated carbocycles. The molecule has 1 amide bonds. The topological polar surface area (TPSA) is 72.2 Å². The Labute approximate surface area is 144 Å². The van der Waals surface area contributed by atoms with Gasteiger partial charge in [0.05, 0.1) is 11.8 Å². The number of hydrogen-bond donors (Lipinski definition) is 1. The summed E-state index contributed by atoms with van der Waals surface area (Å²) in [6.07, 6.45) is 0. The maximum atomic E-state index is 12.1. The summed E-state index contributed by atoms with van der Waals surface area (Å²) in [6, 6.07) is 11.8. The minimum atomic E-state index is -0.0453. The Morgan fingerprint density at radius 2 is 2.00 bits per heavy atom. The number of nitrogens with zero attached hydrogens (tertiary/aromatic N) is 4. The van der Waals surface area contributed by atoms with Crippen LogP contribution >= 0.6 is 11.8 Å². The lowest BCUT2D eigenvalue weighted by atomic mass is 10.1.